The Morgan fingerprint density at radius 3 is 2.93 bits per heavy atom. The van der Waals surface area contributed by atoms with Crippen molar-refractivity contribution < 1.29 is 8.91 Å². The summed E-state index contributed by atoms with van der Waals surface area (Å²) in [5, 5.41) is 21.3. The van der Waals surface area contributed by atoms with Crippen LogP contribution < -0.4 is 15.5 Å². The van der Waals surface area contributed by atoms with Crippen molar-refractivity contribution in [2.75, 3.05) is 24.2 Å². The highest BCUT2D eigenvalue weighted by Gasteiger charge is 2.32. The Kier molecular flexibility index (Phi) is 3.54. The number of pyridine rings is 1. The zero-order valence-corrected chi connectivity index (χ0v) is 16.0. The van der Waals surface area contributed by atoms with E-state index in [2.05, 4.69) is 30.7 Å². The molecule has 3 aromatic rings. The van der Waals surface area contributed by atoms with Gasteiger partial charge in [-0.2, -0.15) is 15.0 Å². The second-order valence-electron chi connectivity index (χ2n) is 6.27. The number of carbonyl (C=O) groups is 1. The fourth-order valence-corrected chi connectivity index (χ4v) is 3.33. The summed E-state index contributed by atoms with van der Waals surface area (Å²) in [4.78, 5) is 20.4. The minimum atomic E-state index is -2.68. The maximum absolute atomic E-state index is 12.4. The highest BCUT2D eigenvalue weighted by molar-refractivity contribution is 6.29. The smallest absolute Gasteiger partial charge is 0.273 e. The summed E-state index contributed by atoms with van der Waals surface area (Å²) in [6.45, 7) is -0.689. The van der Waals surface area contributed by atoms with Gasteiger partial charge in [-0.25, -0.2) is 4.98 Å². The third-order valence-electron chi connectivity index (χ3n) is 4.59. The van der Waals surface area contributed by atoms with Crippen LogP contribution >= 0.6 is 11.6 Å². The van der Waals surface area contributed by atoms with Crippen LogP contribution in [-0.4, -0.2) is 50.1 Å². The summed E-state index contributed by atoms with van der Waals surface area (Å²) in [5.74, 6) is -0.510. The van der Waals surface area contributed by atoms with Gasteiger partial charge in [0.1, 0.15) is 11.4 Å². The summed E-state index contributed by atoms with van der Waals surface area (Å²) < 4.78 is 21.8. The number of hydrogen-bond acceptors (Lipinski definition) is 8. The fourth-order valence-electron chi connectivity index (χ4n) is 3.18. The van der Waals surface area contributed by atoms with Crippen LogP contribution in [0.4, 0.5) is 17.2 Å². The number of aromatic nitrogens is 6. The fraction of sp³-hybridized carbons (Fsp3) is 0.294. The molecule has 0 aromatic carbocycles. The molecule has 1 unspecified atom stereocenters. The summed E-state index contributed by atoms with van der Waals surface area (Å²) in [5.41, 5.74) is 3.04. The minimum absolute atomic E-state index is 0.0238. The van der Waals surface area contributed by atoms with Crippen molar-refractivity contribution in [3.63, 3.8) is 0 Å². The molecule has 1 aliphatic heterocycles. The van der Waals surface area contributed by atoms with Crippen molar-refractivity contribution in [3.05, 3.63) is 34.9 Å². The molecule has 1 aliphatic rings. The van der Waals surface area contributed by atoms with Gasteiger partial charge < -0.3 is 15.5 Å². The van der Waals surface area contributed by atoms with E-state index in [0.29, 0.717) is 5.82 Å². The molecule has 144 valence electrons. The van der Waals surface area contributed by atoms with Crippen LogP contribution in [0, 0.1) is 0 Å². The van der Waals surface area contributed by atoms with Crippen LogP contribution in [-0.2, 0) is 7.05 Å². The number of fused-ring (bicyclic) bond motifs is 3. The standard InChI is InChI=1S/C17H18ClN9O/c1-8-12-13(25-27(4)24-12)9-5-6-20-16(15(9)26(8)3)21-10-7-11(18)22-23-14(10)17(28)19-2/h5-8H,1-4H3,(H,19,28)(H,20,21,22)/i2D3. The number of aryl methyl sites for hydroxylation is 1. The first-order chi connectivity index (χ1) is 14.5. The summed E-state index contributed by atoms with van der Waals surface area (Å²) in [6.07, 6.45) is 1.60. The van der Waals surface area contributed by atoms with Crippen molar-refractivity contribution in [1.29, 1.82) is 0 Å². The number of halogens is 1. The SMILES string of the molecule is [2H]C([2H])([2H])NC(=O)c1nnc(Cl)cc1Nc1nccc2c1N(C)C(C)c1nn(C)nc1-2. The van der Waals surface area contributed by atoms with Crippen molar-refractivity contribution in [2.45, 2.75) is 13.0 Å². The molecule has 2 N–H and O–H groups in total. The maximum Gasteiger partial charge on any atom is 0.273 e. The lowest BCUT2D eigenvalue weighted by Gasteiger charge is -2.33. The zero-order chi connectivity index (χ0) is 22.5. The van der Waals surface area contributed by atoms with Gasteiger partial charge in [0.2, 0.25) is 0 Å². The van der Waals surface area contributed by atoms with E-state index in [1.807, 2.05) is 30.3 Å². The lowest BCUT2D eigenvalue weighted by molar-refractivity contribution is 0.0958. The van der Waals surface area contributed by atoms with E-state index in [1.54, 1.807) is 13.2 Å². The molecule has 1 amide bonds. The van der Waals surface area contributed by atoms with E-state index in [-0.39, 0.29) is 22.6 Å². The van der Waals surface area contributed by atoms with Gasteiger partial charge in [-0.05, 0) is 13.0 Å². The van der Waals surface area contributed by atoms with E-state index >= 15 is 0 Å². The van der Waals surface area contributed by atoms with Gasteiger partial charge in [0.05, 0.1) is 17.4 Å². The van der Waals surface area contributed by atoms with Crippen molar-refractivity contribution >= 4 is 34.7 Å². The van der Waals surface area contributed by atoms with Gasteiger partial charge in [0.15, 0.2) is 16.7 Å². The maximum atomic E-state index is 12.4. The third kappa shape index (κ3) is 2.82. The van der Waals surface area contributed by atoms with Gasteiger partial charge >= 0.3 is 0 Å². The Bertz CT molecular complexity index is 1180. The van der Waals surface area contributed by atoms with Crippen LogP contribution in [0.15, 0.2) is 18.3 Å². The molecular weight excluding hydrogens is 382 g/mol. The predicted molar refractivity (Wildman–Crippen MR) is 105 cm³/mol. The zero-order valence-electron chi connectivity index (χ0n) is 18.2. The molecule has 0 spiro atoms. The van der Waals surface area contributed by atoms with Crippen molar-refractivity contribution in [2.24, 2.45) is 7.05 Å². The normalized spacial score (nSPS) is 17.1. The number of anilines is 3. The molecule has 0 bridgehead atoms. The van der Waals surface area contributed by atoms with Crippen LogP contribution in [0.25, 0.3) is 11.3 Å². The topological polar surface area (TPSA) is 114 Å². The minimum Gasteiger partial charge on any atom is -0.363 e. The number of hydrogen-bond donors (Lipinski definition) is 2. The van der Waals surface area contributed by atoms with Crippen molar-refractivity contribution in [3.8, 4) is 11.3 Å². The first kappa shape index (κ1) is 14.7. The molecule has 4 rings (SSSR count). The van der Waals surface area contributed by atoms with Crippen molar-refractivity contribution in [1.82, 2.24) is 35.5 Å². The number of carbonyl (C=O) groups excluding carboxylic acids is 1. The molecule has 1 atom stereocenters. The van der Waals surface area contributed by atoms with Gasteiger partial charge in [-0.1, -0.05) is 11.6 Å². The Labute approximate surface area is 170 Å². The average molecular weight is 403 g/mol. The van der Waals surface area contributed by atoms with Gasteiger partial charge in [-0.3, -0.25) is 4.79 Å². The number of nitrogens with one attached hydrogen (secondary N) is 2. The van der Waals surface area contributed by atoms with E-state index in [1.165, 1.54) is 10.9 Å². The number of amides is 1. The Balaban J connectivity index is 1.80. The lowest BCUT2D eigenvalue weighted by atomic mass is 9.99. The Morgan fingerprint density at radius 1 is 1.32 bits per heavy atom. The van der Waals surface area contributed by atoms with Gasteiger partial charge in [0, 0.05) is 43.0 Å². The molecule has 0 saturated carbocycles. The summed E-state index contributed by atoms with van der Waals surface area (Å²) in [6, 6.07) is 3.12. The summed E-state index contributed by atoms with van der Waals surface area (Å²) >= 11 is 5.98. The number of rotatable bonds is 3. The van der Waals surface area contributed by atoms with Crippen LogP contribution in [0.1, 0.15) is 33.3 Å². The van der Waals surface area contributed by atoms with Crippen LogP contribution in [0.5, 0.6) is 0 Å². The monoisotopic (exact) mass is 402 g/mol. The largest absolute Gasteiger partial charge is 0.363 e. The highest BCUT2D eigenvalue weighted by Crippen LogP contribution is 2.45. The third-order valence-corrected chi connectivity index (χ3v) is 4.78. The quantitative estimate of drug-likeness (QED) is 0.683. The molecule has 0 aliphatic carbocycles. The van der Waals surface area contributed by atoms with Crippen LogP contribution in [0.2, 0.25) is 5.15 Å². The van der Waals surface area contributed by atoms with Gasteiger partial charge in [0.25, 0.3) is 5.91 Å². The van der Waals surface area contributed by atoms with Gasteiger partial charge in [-0.15, -0.1) is 10.2 Å². The van der Waals surface area contributed by atoms with Crippen LogP contribution in [0.3, 0.4) is 0 Å². The Hall–Kier alpha value is -3.27. The molecular formula is C17H18ClN9O. The molecule has 0 saturated heterocycles. The predicted octanol–water partition coefficient (Wildman–Crippen LogP) is 1.93. The molecule has 28 heavy (non-hydrogen) atoms. The van der Waals surface area contributed by atoms with E-state index in [4.69, 9.17) is 15.7 Å². The lowest BCUT2D eigenvalue weighted by Crippen LogP contribution is -2.28. The molecule has 4 heterocycles. The molecule has 10 nitrogen and oxygen atoms in total. The Morgan fingerprint density at radius 2 is 2.14 bits per heavy atom. The van der Waals surface area contributed by atoms with E-state index < -0.39 is 12.9 Å². The van der Waals surface area contributed by atoms with E-state index in [9.17, 15) is 4.79 Å². The molecule has 0 fully saturated rings. The second-order valence-corrected chi connectivity index (χ2v) is 6.66. The molecule has 11 heteroatoms. The second kappa shape index (κ2) is 6.71. The highest BCUT2D eigenvalue weighted by atomic mass is 35.5. The molecule has 0 radical (unpaired) electrons. The first-order valence-corrected chi connectivity index (χ1v) is 8.69. The van der Waals surface area contributed by atoms with E-state index in [0.717, 1.165) is 22.6 Å². The molecule has 3 aromatic heterocycles. The first-order valence-electron chi connectivity index (χ1n) is 9.81. The average Bonchev–Trinajstić information content (AvgIpc) is 3.07. The summed E-state index contributed by atoms with van der Waals surface area (Å²) in [7, 11) is 3.65. The number of nitrogens with zero attached hydrogens (tertiary/aromatic N) is 7.